The Morgan fingerprint density at radius 2 is 2.21 bits per heavy atom. The number of amides is 2. The smallest absolute Gasteiger partial charge is 0.333 e. The van der Waals surface area contributed by atoms with Crippen LogP contribution in [-0.2, 0) is 6.54 Å². The lowest BCUT2D eigenvalue weighted by molar-refractivity contribution is 0.207. The zero-order valence-corrected chi connectivity index (χ0v) is 7.60. The van der Waals surface area contributed by atoms with Gasteiger partial charge >= 0.3 is 6.03 Å². The van der Waals surface area contributed by atoms with Crippen LogP contribution in [-0.4, -0.2) is 11.0 Å². The zero-order valence-electron chi connectivity index (χ0n) is 7.60. The van der Waals surface area contributed by atoms with Crippen molar-refractivity contribution >= 4 is 12.1 Å². The van der Waals surface area contributed by atoms with Gasteiger partial charge in [0, 0.05) is 12.7 Å². The molecule has 0 fully saturated rings. The predicted octanol–water partition coefficient (Wildman–Crippen LogP) is 1.06. The van der Waals surface area contributed by atoms with Crippen LogP contribution < -0.4 is 11.2 Å². The highest BCUT2D eigenvalue weighted by Crippen LogP contribution is 2.13. The maximum atomic E-state index is 10.9. The molecule has 0 bridgehead atoms. The molecule has 1 aromatic rings. The van der Waals surface area contributed by atoms with Gasteiger partial charge in [0.25, 0.3) is 0 Å². The number of primary amides is 1. The summed E-state index contributed by atoms with van der Waals surface area (Å²) in [5, 5.41) is 1.28. The minimum atomic E-state index is -0.506. The van der Waals surface area contributed by atoms with Crippen LogP contribution >= 0.6 is 0 Å². The summed E-state index contributed by atoms with van der Waals surface area (Å²) in [7, 11) is 0. The number of benzene rings is 1. The maximum Gasteiger partial charge on any atom is 0.333 e. The minimum absolute atomic E-state index is 0.506. The van der Waals surface area contributed by atoms with Crippen molar-refractivity contribution < 1.29 is 4.79 Å². The predicted molar refractivity (Wildman–Crippen MR) is 53.7 cm³/mol. The van der Waals surface area contributed by atoms with E-state index < -0.39 is 6.03 Å². The summed E-state index contributed by atoms with van der Waals surface area (Å²) >= 11 is 0. The first-order valence-corrected chi connectivity index (χ1v) is 4.35. The van der Waals surface area contributed by atoms with Crippen LogP contribution in [0.5, 0.6) is 0 Å². The number of carbonyl (C=O) groups excluding carboxylic acids is 1. The molecule has 2 rings (SSSR count). The third kappa shape index (κ3) is 1.60. The van der Waals surface area contributed by atoms with Gasteiger partial charge in [0.1, 0.15) is 0 Å². The van der Waals surface area contributed by atoms with Gasteiger partial charge in [-0.3, -0.25) is 0 Å². The van der Waals surface area contributed by atoms with Crippen LogP contribution in [0, 0.1) is 0 Å². The van der Waals surface area contributed by atoms with Crippen molar-refractivity contribution in [3.8, 4) is 0 Å². The number of nitrogens with one attached hydrogen (secondary N) is 1. The van der Waals surface area contributed by atoms with Crippen LogP contribution in [0.3, 0.4) is 0 Å². The molecule has 1 heterocycles. The van der Waals surface area contributed by atoms with E-state index in [9.17, 15) is 4.79 Å². The molecule has 0 aliphatic carbocycles. The van der Waals surface area contributed by atoms with Crippen molar-refractivity contribution in [3.63, 3.8) is 0 Å². The molecule has 4 heteroatoms. The Bertz CT molecular complexity index is 387. The lowest BCUT2D eigenvalue weighted by Gasteiger charge is -2.14. The fourth-order valence-corrected chi connectivity index (χ4v) is 1.39. The molecular weight excluding hydrogens is 178 g/mol. The molecule has 0 spiro atoms. The molecule has 14 heavy (non-hydrogen) atoms. The SMILES string of the molecule is NC(=O)N1C=Cc2ccccc2CN1. The topological polar surface area (TPSA) is 58.4 Å². The summed E-state index contributed by atoms with van der Waals surface area (Å²) in [5.74, 6) is 0. The molecule has 3 N–H and O–H groups in total. The quantitative estimate of drug-likeness (QED) is 0.641. The Balaban J connectivity index is 2.29. The highest BCUT2D eigenvalue weighted by Gasteiger charge is 2.09. The number of hydrogen-bond donors (Lipinski definition) is 2. The molecular formula is C10H11N3O. The second-order valence-electron chi connectivity index (χ2n) is 3.06. The molecule has 0 atom stereocenters. The first kappa shape index (κ1) is 8.77. The Morgan fingerprint density at radius 1 is 1.43 bits per heavy atom. The second kappa shape index (κ2) is 3.51. The van der Waals surface area contributed by atoms with E-state index in [2.05, 4.69) is 5.43 Å². The van der Waals surface area contributed by atoms with E-state index in [0.717, 1.165) is 11.1 Å². The Kier molecular flexibility index (Phi) is 2.20. The van der Waals surface area contributed by atoms with E-state index >= 15 is 0 Å². The van der Waals surface area contributed by atoms with Crippen molar-refractivity contribution in [1.82, 2.24) is 10.4 Å². The first-order chi connectivity index (χ1) is 6.77. The molecule has 0 saturated carbocycles. The van der Waals surface area contributed by atoms with E-state index in [1.54, 1.807) is 6.20 Å². The standard InChI is InChI=1S/C10H11N3O/c11-10(14)13-6-5-8-3-1-2-4-9(8)7-12-13/h1-6,12H,7H2,(H2,11,14). The fraction of sp³-hybridized carbons (Fsp3) is 0.100. The number of nitrogens with two attached hydrogens (primary N) is 1. The average Bonchev–Trinajstić information content (AvgIpc) is 2.39. The van der Waals surface area contributed by atoms with Crippen molar-refractivity contribution in [2.24, 2.45) is 5.73 Å². The summed E-state index contributed by atoms with van der Waals surface area (Å²) in [4.78, 5) is 10.9. The van der Waals surface area contributed by atoms with Crippen molar-refractivity contribution in [3.05, 3.63) is 41.6 Å². The lowest BCUT2D eigenvalue weighted by Crippen LogP contribution is -2.40. The van der Waals surface area contributed by atoms with Gasteiger partial charge in [-0.2, -0.15) is 0 Å². The third-order valence-corrected chi connectivity index (χ3v) is 2.14. The van der Waals surface area contributed by atoms with Crippen LogP contribution in [0.2, 0.25) is 0 Å². The minimum Gasteiger partial charge on any atom is -0.350 e. The third-order valence-electron chi connectivity index (χ3n) is 2.14. The van der Waals surface area contributed by atoms with Gasteiger partial charge in [0.15, 0.2) is 0 Å². The van der Waals surface area contributed by atoms with E-state index in [4.69, 9.17) is 5.73 Å². The monoisotopic (exact) mass is 189 g/mol. The van der Waals surface area contributed by atoms with Gasteiger partial charge in [0.05, 0.1) is 0 Å². The largest absolute Gasteiger partial charge is 0.350 e. The number of rotatable bonds is 0. The van der Waals surface area contributed by atoms with E-state index in [1.165, 1.54) is 5.01 Å². The molecule has 1 aliphatic heterocycles. The summed E-state index contributed by atoms with van der Waals surface area (Å²) < 4.78 is 0. The van der Waals surface area contributed by atoms with Gasteiger partial charge in [0.2, 0.25) is 0 Å². The first-order valence-electron chi connectivity index (χ1n) is 4.35. The molecule has 0 unspecified atom stereocenters. The number of nitrogens with zero attached hydrogens (tertiary/aromatic N) is 1. The summed E-state index contributed by atoms with van der Waals surface area (Å²) in [6.07, 6.45) is 3.49. The fourth-order valence-electron chi connectivity index (χ4n) is 1.39. The van der Waals surface area contributed by atoms with Gasteiger partial charge < -0.3 is 5.73 Å². The van der Waals surface area contributed by atoms with Gasteiger partial charge in [-0.1, -0.05) is 24.3 Å². The Morgan fingerprint density at radius 3 is 3.00 bits per heavy atom. The maximum absolute atomic E-state index is 10.9. The molecule has 4 nitrogen and oxygen atoms in total. The van der Waals surface area contributed by atoms with Crippen LogP contribution in [0.4, 0.5) is 4.79 Å². The van der Waals surface area contributed by atoms with Gasteiger partial charge in [-0.05, 0) is 17.2 Å². The van der Waals surface area contributed by atoms with Crippen LogP contribution in [0.15, 0.2) is 30.5 Å². The van der Waals surface area contributed by atoms with E-state index in [1.807, 2.05) is 30.3 Å². The Hall–Kier alpha value is -1.81. The van der Waals surface area contributed by atoms with Gasteiger partial charge in [-0.25, -0.2) is 15.2 Å². The normalized spacial score (nSPS) is 14.7. The molecule has 0 saturated heterocycles. The molecule has 2 amide bonds. The van der Waals surface area contributed by atoms with Crippen LogP contribution in [0.25, 0.3) is 6.08 Å². The molecule has 1 aliphatic rings. The number of fused-ring (bicyclic) bond motifs is 1. The summed E-state index contributed by atoms with van der Waals surface area (Å²) in [6, 6.07) is 7.43. The molecule has 0 aromatic heterocycles. The number of hydrogen-bond acceptors (Lipinski definition) is 2. The highest BCUT2D eigenvalue weighted by molar-refractivity contribution is 5.74. The van der Waals surface area contributed by atoms with Crippen LogP contribution in [0.1, 0.15) is 11.1 Å². The zero-order chi connectivity index (χ0) is 9.97. The van der Waals surface area contributed by atoms with Crippen molar-refractivity contribution in [2.75, 3.05) is 0 Å². The number of hydrazine groups is 1. The second-order valence-corrected chi connectivity index (χ2v) is 3.06. The van der Waals surface area contributed by atoms with Crippen molar-refractivity contribution in [2.45, 2.75) is 6.54 Å². The van der Waals surface area contributed by atoms with Gasteiger partial charge in [-0.15, -0.1) is 0 Å². The molecule has 0 radical (unpaired) electrons. The van der Waals surface area contributed by atoms with E-state index in [-0.39, 0.29) is 0 Å². The van der Waals surface area contributed by atoms with Crippen molar-refractivity contribution in [1.29, 1.82) is 0 Å². The molecule has 72 valence electrons. The molecule has 1 aromatic carbocycles. The summed E-state index contributed by atoms with van der Waals surface area (Å²) in [5.41, 5.74) is 10.3. The average molecular weight is 189 g/mol. The lowest BCUT2D eigenvalue weighted by atomic mass is 10.1. The Labute approximate surface area is 82.0 Å². The summed E-state index contributed by atoms with van der Waals surface area (Å²) in [6.45, 7) is 0.603. The van der Waals surface area contributed by atoms with E-state index in [0.29, 0.717) is 6.54 Å². The highest BCUT2D eigenvalue weighted by atomic mass is 16.2. The number of urea groups is 1. The number of carbonyl (C=O) groups is 1.